The van der Waals surface area contributed by atoms with Crippen molar-refractivity contribution in [3.05, 3.63) is 40.2 Å². The first kappa shape index (κ1) is 15.1. The number of carboxylic acids is 1. The molecule has 0 bridgehead atoms. The molecule has 21 heavy (non-hydrogen) atoms. The van der Waals surface area contributed by atoms with E-state index >= 15 is 0 Å². The molecular formula is C16H18O5. The molecule has 2 aromatic rings. The molecule has 2 rings (SSSR count). The van der Waals surface area contributed by atoms with Gasteiger partial charge in [0.2, 0.25) is 0 Å². The van der Waals surface area contributed by atoms with E-state index in [2.05, 4.69) is 6.92 Å². The van der Waals surface area contributed by atoms with Crippen LogP contribution in [0.3, 0.4) is 0 Å². The SMILES string of the molecule is CCCCc1cc(=O)oc2cc(O[C@H](C)C(=O)O)ccc12. The van der Waals surface area contributed by atoms with Crippen LogP contribution in [0.4, 0.5) is 0 Å². The summed E-state index contributed by atoms with van der Waals surface area (Å²) >= 11 is 0. The lowest BCUT2D eigenvalue weighted by molar-refractivity contribution is -0.144. The Labute approximate surface area is 122 Å². The Bertz CT molecular complexity index is 701. The molecule has 0 unspecified atom stereocenters. The zero-order chi connectivity index (χ0) is 15.4. The van der Waals surface area contributed by atoms with Gasteiger partial charge in [-0.3, -0.25) is 0 Å². The maximum Gasteiger partial charge on any atom is 0.344 e. The smallest absolute Gasteiger partial charge is 0.344 e. The second-order valence-electron chi connectivity index (χ2n) is 4.95. The van der Waals surface area contributed by atoms with Crippen molar-refractivity contribution in [1.29, 1.82) is 0 Å². The zero-order valence-electron chi connectivity index (χ0n) is 12.1. The van der Waals surface area contributed by atoms with Crippen molar-refractivity contribution in [3.63, 3.8) is 0 Å². The van der Waals surface area contributed by atoms with Crippen LogP contribution in [0.5, 0.6) is 5.75 Å². The Morgan fingerprint density at radius 3 is 2.81 bits per heavy atom. The van der Waals surface area contributed by atoms with Gasteiger partial charge in [0, 0.05) is 17.5 Å². The van der Waals surface area contributed by atoms with Crippen molar-refractivity contribution in [2.24, 2.45) is 0 Å². The highest BCUT2D eigenvalue weighted by atomic mass is 16.5. The first-order chi connectivity index (χ1) is 10.0. The third-order valence-electron chi connectivity index (χ3n) is 3.26. The van der Waals surface area contributed by atoms with Crippen LogP contribution in [-0.4, -0.2) is 17.2 Å². The number of hydrogen-bond donors (Lipinski definition) is 1. The Balaban J connectivity index is 2.39. The summed E-state index contributed by atoms with van der Waals surface area (Å²) in [6, 6.07) is 6.56. The molecular weight excluding hydrogens is 272 g/mol. The summed E-state index contributed by atoms with van der Waals surface area (Å²) in [6.07, 6.45) is 1.88. The average Bonchev–Trinajstić information content (AvgIpc) is 2.44. The molecule has 1 aromatic carbocycles. The van der Waals surface area contributed by atoms with Gasteiger partial charge in [0.05, 0.1) is 0 Å². The van der Waals surface area contributed by atoms with E-state index in [1.54, 1.807) is 18.2 Å². The molecule has 0 aliphatic heterocycles. The fraction of sp³-hybridized carbons (Fsp3) is 0.375. The summed E-state index contributed by atoms with van der Waals surface area (Å²) in [5.41, 5.74) is 0.960. The van der Waals surface area contributed by atoms with E-state index in [9.17, 15) is 9.59 Å². The molecule has 0 radical (unpaired) electrons. The zero-order valence-corrected chi connectivity index (χ0v) is 12.1. The highest BCUT2D eigenvalue weighted by Gasteiger charge is 2.13. The van der Waals surface area contributed by atoms with Crippen molar-refractivity contribution >= 4 is 16.9 Å². The number of benzene rings is 1. The summed E-state index contributed by atoms with van der Waals surface area (Å²) in [5, 5.41) is 9.70. The van der Waals surface area contributed by atoms with Gasteiger partial charge in [-0.25, -0.2) is 9.59 Å². The van der Waals surface area contributed by atoms with E-state index in [1.165, 1.54) is 13.0 Å². The van der Waals surface area contributed by atoms with Gasteiger partial charge in [0.15, 0.2) is 6.10 Å². The number of aryl methyl sites for hydroxylation is 1. The lowest BCUT2D eigenvalue weighted by Gasteiger charge is -2.11. The van der Waals surface area contributed by atoms with E-state index in [0.29, 0.717) is 11.3 Å². The number of unbranched alkanes of at least 4 members (excludes halogenated alkanes) is 1. The fourth-order valence-electron chi connectivity index (χ4n) is 2.11. The van der Waals surface area contributed by atoms with Crippen LogP contribution in [0.2, 0.25) is 0 Å². The lowest BCUT2D eigenvalue weighted by atomic mass is 10.0. The van der Waals surface area contributed by atoms with Crippen LogP contribution in [0, 0.1) is 0 Å². The highest BCUT2D eigenvalue weighted by molar-refractivity contribution is 5.81. The minimum Gasteiger partial charge on any atom is -0.479 e. The quantitative estimate of drug-likeness (QED) is 0.828. The van der Waals surface area contributed by atoms with Gasteiger partial charge in [0.25, 0.3) is 0 Å². The van der Waals surface area contributed by atoms with Crippen molar-refractivity contribution < 1.29 is 19.1 Å². The molecule has 1 heterocycles. The Hall–Kier alpha value is -2.30. The number of carbonyl (C=O) groups is 1. The maximum absolute atomic E-state index is 11.6. The van der Waals surface area contributed by atoms with Crippen molar-refractivity contribution in [1.82, 2.24) is 0 Å². The van der Waals surface area contributed by atoms with E-state index in [4.69, 9.17) is 14.3 Å². The number of hydrogen-bond acceptors (Lipinski definition) is 4. The normalized spacial score (nSPS) is 12.3. The van der Waals surface area contributed by atoms with Crippen LogP contribution in [-0.2, 0) is 11.2 Å². The molecule has 1 aromatic heterocycles. The molecule has 0 fully saturated rings. The largest absolute Gasteiger partial charge is 0.479 e. The second kappa shape index (κ2) is 6.43. The number of aliphatic carboxylic acids is 1. The van der Waals surface area contributed by atoms with Gasteiger partial charge in [-0.15, -0.1) is 0 Å². The first-order valence-corrected chi connectivity index (χ1v) is 6.97. The van der Waals surface area contributed by atoms with Crippen LogP contribution in [0.1, 0.15) is 32.3 Å². The van der Waals surface area contributed by atoms with Gasteiger partial charge < -0.3 is 14.3 Å². The lowest BCUT2D eigenvalue weighted by Crippen LogP contribution is -2.22. The van der Waals surface area contributed by atoms with Crippen molar-refractivity contribution in [3.8, 4) is 5.75 Å². The summed E-state index contributed by atoms with van der Waals surface area (Å²) in [5.74, 6) is -0.679. The predicted octanol–water partition coefficient (Wildman–Crippen LogP) is 2.99. The van der Waals surface area contributed by atoms with E-state index in [0.717, 1.165) is 30.2 Å². The van der Waals surface area contributed by atoms with Gasteiger partial charge in [-0.05, 0) is 37.5 Å². The number of rotatable bonds is 6. The Morgan fingerprint density at radius 2 is 2.14 bits per heavy atom. The maximum atomic E-state index is 11.6. The van der Waals surface area contributed by atoms with Crippen LogP contribution in [0.15, 0.2) is 33.5 Å². The molecule has 1 N–H and O–H groups in total. The molecule has 112 valence electrons. The topological polar surface area (TPSA) is 76.7 Å². The molecule has 0 aliphatic carbocycles. The van der Waals surface area contributed by atoms with E-state index in [-0.39, 0.29) is 0 Å². The molecule has 0 saturated heterocycles. The molecule has 5 nitrogen and oxygen atoms in total. The van der Waals surface area contributed by atoms with Gasteiger partial charge in [0.1, 0.15) is 11.3 Å². The van der Waals surface area contributed by atoms with E-state index in [1.807, 2.05) is 0 Å². The van der Waals surface area contributed by atoms with Gasteiger partial charge in [-0.2, -0.15) is 0 Å². The van der Waals surface area contributed by atoms with Gasteiger partial charge >= 0.3 is 11.6 Å². The molecule has 1 atom stereocenters. The van der Waals surface area contributed by atoms with Crippen molar-refractivity contribution in [2.75, 3.05) is 0 Å². The summed E-state index contributed by atoms with van der Waals surface area (Å²) in [4.78, 5) is 22.4. The molecule has 0 saturated carbocycles. The van der Waals surface area contributed by atoms with Crippen LogP contribution >= 0.6 is 0 Å². The number of fused-ring (bicyclic) bond motifs is 1. The number of carboxylic acid groups (broad SMARTS) is 1. The molecule has 5 heteroatoms. The Morgan fingerprint density at radius 1 is 1.38 bits per heavy atom. The summed E-state index contributed by atoms with van der Waals surface area (Å²) < 4.78 is 10.5. The third kappa shape index (κ3) is 3.62. The summed E-state index contributed by atoms with van der Waals surface area (Å²) in [7, 11) is 0. The second-order valence-corrected chi connectivity index (χ2v) is 4.95. The molecule has 0 amide bonds. The van der Waals surface area contributed by atoms with Crippen molar-refractivity contribution in [2.45, 2.75) is 39.2 Å². The highest BCUT2D eigenvalue weighted by Crippen LogP contribution is 2.24. The van der Waals surface area contributed by atoms with Crippen LogP contribution < -0.4 is 10.4 Å². The monoisotopic (exact) mass is 290 g/mol. The van der Waals surface area contributed by atoms with Gasteiger partial charge in [-0.1, -0.05) is 13.3 Å². The summed E-state index contributed by atoms with van der Waals surface area (Å²) in [6.45, 7) is 3.53. The van der Waals surface area contributed by atoms with E-state index < -0.39 is 17.7 Å². The Kier molecular flexibility index (Phi) is 4.62. The fourth-order valence-corrected chi connectivity index (χ4v) is 2.11. The van der Waals surface area contributed by atoms with Crippen LogP contribution in [0.25, 0.3) is 11.0 Å². The third-order valence-corrected chi connectivity index (χ3v) is 3.26. The molecule has 0 spiro atoms. The standard InChI is InChI=1S/C16H18O5/c1-3-4-5-11-8-15(17)21-14-9-12(6-7-13(11)14)20-10(2)16(18)19/h6-10H,3-5H2,1-2H3,(H,18,19)/t10-/m1/s1. The minimum absolute atomic E-state index is 0.369. The minimum atomic E-state index is -1.05. The first-order valence-electron chi connectivity index (χ1n) is 6.97. The average molecular weight is 290 g/mol. The number of ether oxygens (including phenoxy) is 1. The predicted molar refractivity (Wildman–Crippen MR) is 78.8 cm³/mol. The molecule has 0 aliphatic rings.